The monoisotopic (exact) mass is 303 g/mol. The largest absolute Gasteiger partial charge is 0.477 e. The number of para-hydroxylation sites is 2. The summed E-state index contributed by atoms with van der Waals surface area (Å²) in [6, 6.07) is 7.81. The van der Waals surface area contributed by atoms with Crippen LogP contribution in [-0.2, 0) is 11.3 Å². The first kappa shape index (κ1) is 13.9. The Morgan fingerprint density at radius 1 is 1.52 bits per heavy atom. The lowest BCUT2D eigenvalue weighted by atomic mass is 10.1. The van der Waals surface area contributed by atoms with Crippen molar-refractivity contribution in [1.29, 1.82) is 0 Å². The molecule has 1 aromatic carbocycles. The maximum absolute atomic E-state index is 11.9. The summed E-state index contributed by atoms with van der Waals surface area (Å²) in [7, 11) is 1.63. The van der Waals surface area contributed by atoms with Crippen LogP contribution in [-0.4, -0.2) is 30.6 Å². The molecule has 3 rings (SSSR count). The van der Waals surface area contributed by atoms with Gasteiger partial charge in [0.05, 0.1) is 23.8 Å². The summed E-state index contributed by atoms with van der Waals surface area (Å²) in [6.45, 7) is 3.27. The van der Waals surface area contributed by atoms with E-state index in [1.165, 1.54) is 4.88 Å². The van der Waals surface area contributed by atoms with E-state index < -0.39 is 6.10 Å². The zero-order valence-corrected chi connectivity index (χ0v) is 12.8. The Balaban J connectivity index is 1.88. The Kier molecular flexibility index (Phi) is 3.79. The third kappa shape index (κ3) is 2.85. The van der Waals surface area contributed by atoms with Crippen molar-refractivity contribution in [3.8, 4) is 5.75 Å². The van der Waals surface area contributed by atoms with Crippen LogP contribution >= 0.6 is 11.3 Å². The molecule has 0 spiro atoms. The molecule has 0 unspecified atom stereocenters. The van der Waals surface area contributed by atoms with Crippen molar-refractivity contribution in [2.45, 2.75) is 19.6 Å². The Labute approximate surface area is 127 Å². The molecule has 0 fully saturated rings. The molecule has 5 nitrogen and oxygen atoms in total. The van der Waals surface area contributed by atoms with Gasteiger partial charge in [-0.3, -0.25) is 4.79 Å². The zero-order valence-electron chi connectivity index (χ0n) is 12.0. The van der Waals surface area contributed by atoms with Crippen LogP contribution in [0.4, 0.5) is 5.69 Å². The normalized spacial score (nSPS) is 17.0. The smallest absolute Gasteiger partial charge is 0.262 e. The number of likely N-dealkylation sites (N-methyl/N-ethyl adjacent to an activating group) is 1. The van der Waals surface area contributed by atoms with Crippen molar-refractivity contribution in [2.24, 2.45) is 0 Å². The molecule has 1 amide bonds. The molecule has 0 saturated heterocycles. The quantitative estimate of drug-likeness (QED) is 0.942. The number of thiazole rings is 1. The van der Waals surface area contributed by atoms with E-state index in [9.17, 15) is 4.79 Å². The fourth-order valence-electron chi connectivity index (χ4n) is 2.42. The summed E-state index contributed by atoms with van der Waals surface area (Å²) >= 11 is 1.68. The van der Waals surface area contributed by atoms with E-state index in [1.54, 1.807) is 18.4 Å². The second kappa shape index (κ2) is 5.73. The molecule has 110 valence electrons. The lowest BCUT2D eigenvalue weighted by Gasteiger charge is -2.35. The van der Waals surface area contributed by atoms with E-state index in [4.69, 9.17) is 4.74 Å². The van der Waals surface area contributed by atoms with E-state index in [1.807, 2.05) is 37.4 Å². The number of amides is 1. The van der Waals surface area contributed by atoms with E-state index >= 15 is 0 Å². The average Bonchev–Trinajstić information content (AvgIpc) is 2.91. The standard InChI is InChI=1S/C15H17N3O2S/c1-10-17-7-11(21-10)8-18-9-14(15(19)16-2)20-13-6-4-3-5-12(13)18/h3-7,14H,8-9H2,1-2H3,(H,16,19)/t14-/m0/s1. The summed E-state index contributed by atoms with van der Waals surface area (Å²) < 4.78 is 5.79. The highest BCUT2D eigenvalue weighted by atomic mass is 32.1. The zero-order chi connectivity index (χ0) is 14.8. The number of aromatic nitrogens is 1. The number of hydrogen-bond acceptors (Lipinski definition) is 5. The number of nitrogens with one attached hydrogen (secondary N) is 1. The number of ether oxygens (including phenoxy) is 1. The molecule has 0 bridgehead atoms. The van der Waals surface area contributed by atoms with Crippen LogP contribution in [0.1, 0.15) is 9.88 Å². The predicted octanol–water partition coefficient (Wildman–Crippen LogP) is 1.97. The first-order valence-corrected chi connectivity index (χ1v) is 7.62. The highest BCUT2D eigenvalue weighted by Crippen LogP contribution is 2.34. The number of nitrogens with zero attached hydrogens (tertiary/aromatic N) is 2. The minimum atomic E-state index is -0.487. The maximum Gasteiger partial charge on any atom is 0.262 e. The number of fused-ring (bicyclic) bond motifs is 1. The second-order valence-corrected chi connectivity index (χ2v) is 6.23. The Hall–Kier alpha value is -2.08. The fraction of sp³-hybridized carbons (Fsp3) is 0.333. The van der Waals surface area contributed by atoms with Crippen LogP contribution in [0, 0.1) is 6.92 Å². The summed E-state index contributed by atoms with van der Waals surface area (Å²) in [5, 5.41) is 3.70. The third-order valence-corrected chi connectivity index (χ3v) is 4.31. The average molecular weight is 303 g/mol. The summed E-state index contributed by atoms with van der Waals surface area (Å²) in [6.07, 6.45) is 1.41. The molecule has 2 heterocycles. The third-order valence-electron chi connectivity index (χ3n) is 3.42. The van der Waals surface area contributed by atoms with Crippen LogP contribution in [0.15, 0.2) is 30.5 Å². The van der Waals surface area contributed by atoms with E-state index in [2.05, 4.69) is 15.2 Å². The SMILES string of the molecule is CNC(=O)[C@@H]1CN(Cc2cnc(C)s2)c2ccccc2O1. The molecular weight excluding hydrogens is 286 g/mol. The Morgan fingerprint density at radius 2 is 2.33 bits per heavy atom. The van der Waals surface area contributed by atoms with Gasteiger partial charge in [0.1, 0.15) is 5.75 Å². The number of carbonyl (C=O) groups is 1. The first-order valence-electron chi connectivity index (χ1n) is 6.81. The van der Waals surface area contributed by atoms with Crippen molar-refractivity contribution in [1.82, 2.24) is 10.3 Å². The van der Waals surface area contributed by atoms with Crippen molar-refractivity contribution in [3.05, 3.63) is 40.3 Å². The van der Waals surface area contributed by atoms with Gasteiger partial charge in [-0.05, 0) is 19.1 Å². The summed E-state index contributed by atoms with van der Waals surface area (Å²) in [5.74, 6) is 0.647. The Morgan fingerprint density at radius 3 is 3.05 bits per heavy atom. The molecule has 0 saturated carbocycles. The topological polar surface area (TPSA) is 54.5 Å². The molecule has 1 aliphatic rings. The van der Waals surface area contributed by atoms with Crippen molar-refractivity contribution >= 4 is 22.9 Å². The van der Waals surface area contributed by atoms with Gasteiger partial charge in [-0.25, -0.2) is 4.98 Å². The van der Waals surface area contributed by atoms with Crippen molar-refractivity contribution in [3.63, 3.8) is 0 Å². The molecule has 1 aromatic heterocycles. The van der Waals surface area contributed by atoms with Crippen molar-refractivity contribution in [2.75, 3.05) is 18.5 Å². The van der Waals surface area contributed by atoms with Gasteiger partial charge in [0.15, 0.2) is 6.10 Å². The second-order valence-electron chi connectivity index (χ2n) is 4.91. The van der Waals surface area contributed by atoms with Crippen LogP contribution in [0.5, 0.6) is 5.75 Å². The van der Waals surface area contributed by atoms with Crippen LogP contribution in [0.3, 0.4) is 0 Å². The summed E-state index contributed by atoms with van der Waals surface area (Å²) in [4.78, 5) is 19.5. The van der Waals surface area contributed by atoms with Crippen molar-refractivity contribution < 1.29 is 9.53 Å². The number of rotatable bonds is 3. The molecule has 1 atom stereocenters. The van der Waals surface area contributed by atoms with Crippen LogP contribution in [0.25, 0.3) is 0 Å². The van der Waals surface area contributed by atoms with Gasteiger partial charge >= 0.3 is 0 Å². The Bertz CT molecular complexity index is 656. The first-order chi connectivity index (χ1) is 10.2. The molecule has 0 aliphatic carbocycles. The molecule has 21 heavy (non-hydrogen) atoms. The number of aryl methyl sites for hydroxylation is 1. The molecule has 6 heteroatoms. The minimum absolute atomic E-state index is 0.102. The van der Waals surface area contributed by atoms with Gasteiger partial charge in [0, 0.05) is 18.1 Å². The van der Waals surface area contributed by atoms with Gasteiger partial charge in [-0.2, -0.15) is 0 Å². The maximum atomic E-state index is 11.9. The van der Waals surface area contributed by atoms with Gasteiger partial charge in [-0.1, -0.05) is 12.1 Å². The number of benzene rings is 1. The van der Waals surface area contributed by atoms with Crippen LogP contribution < -0.4 is 15.0 Å². The van der Waals surface area contributed by atoms with Gasteiger partial charge in [-0.15, -0.1) is 11.3 Å². The predicted molar refractivity (Wildman–Crippen MR) is 82.8 cm³/mol. The van der Waals surface area contributed by atoms with E-state index in [0.717, 1.165) is 23.0 Å². The minimum Gasteiger partial charge on any atom is -0.477 e. The number of anilines is 1. The van der Waals surface area contributed by atoms with Gasteiger partial charge in [0.25, 0.3) is 5.91 Å². The molecular formula is C15H17N3O2S. The lowest BCUT2D eigenvalue weighted by Crippen LogP contribution is -2.47. The fourth-order valence-corrected chi connectivity index (χ4v) is 3.23. The molecule has 1 aliphatic heterocycles. The lowest BCUT2D eigenvalue weighted by molar-refractivity contribution is -0.127. The van der Waals surface area contributed by atoms with Gasteiger partial charge in [0.2, 0.25) is 0 Å². The summed E-state index contributed by atoms with van der Waals surface area (Å²) in [5.41, 5.74) is 1.02. The van der Waals surface area contributed by atoms with E-state index in [0.29, 0.717) is 6.54 Å². The number of hydrogen-bond donors (Lipinski definition) is 1. The van der Waals surface area contributed by atoms with Crippen LogP contribution in [0.2, 0.25) is 0 Å². The molecule has 2 aromatic rings. The number of carbonyl (C=O) groups excluding carboxylic acids is 1. The molecule has 1 N–H and O–H groups in total. The van der Waals surface area contributed by atoms with Gasteiger partial charge < -0.3 is 15.0 Å². The highest BCUT2D eigenvalue weighted by Gasteiger charge is 2.30. The van der Waals surface area contributed by atoms with E-state index in [-0.39, 0.29) is 5.91 Å². The highest BCUT2D eigenvalue weighted by molar-refractivity contribution is 7.11. The molecule has 0 radical (unpaired) electrons.